The van der Waals surface area contributed by atoms with Gasteiger partial charge in [-0.1, -0.05) is 38.1 Å². The molecule has 2 fully saturated rings. The van der Waals surface area contributed by atoms with Gasteiger partial charge in [0.25, 0.3) is 0 Å². The molecule has 228 valence electrons. The van der Waals surface area contributed by atoms with Gasteiger partial charge in [-0.05, 0) is 81.2 Å². The zero-order chi connectivity index (χ0) is 29.4. The molecule has 2 saturated heterocycles. The van der Waals surface area contributed by atoms with Crippen molar-refractivity contribution < 1.29 is 9.90 Å². The zero-order valence-electron chi connectivity index (χ0n) is 25.5. The molecular weight excluding hydrogens is 526 g/mol. The highest BCUT2D eigenvalue weighted by Crippen LogP contribution is 2.41. The van der Waals surface area contributed by atoms with Crippen LogP contribution >= 0.6 is 0 Å². The fraction of sp³-hybridized carbons (Fsp3) is 0.606. The number of hydrogen-bond donors (Lipinski definition) is 2. The van der Waals surface area contributed by atoms with Crippen molar-refractivity contribution in [3.63, 3.8) is 0 Å². The van der Waals surface area contributed by atoms with Crippen LogP contribution in [0.1, 0.15) is 75.1 Å². The number of benzene rings is 1. The summed E-state index contributed by atoms with van der Waals surface area (Å²) >= 11 is 0. The van der Waals surface area contributed by atoms with Gasteiger partial charge in [0.1, 0.15) is 11.6 Å². The molecule has 3 aromatic rings. The van der Waals surface area contributed by atoms with Crippen molar-refractivity contribution in [2.24, 2.45) is 5.41 Å². The number of piperidine rings is 1. The Bertz CT molecular complexity index is 1240. The molecule has 0 amide bonds. The normalized spacial score (nSPS) is 17.6. The minimum absolute atomic E-state index is 0.0329. The summed E-state index contributed by atoms with van der Waals surface area (Å²) in [5, 5.41) is 9.22. The summed E-state index contributed by atoms with van der Waals surface area (Å²) < 4.78 is 2.30. The zero-order valence-corrected chi connectivity index (χ0v) is 25.5. The first-order chi connectivity index (χ1) is 20.4. The van der Waals surface area contributed by atoms with Crippen molar-refractivity contribution in [1.82, 2.24) is 34.2 Å². The van der Waals surface area contributed by atoms with Gasteiger partial charge in [0, 0.05) is 50.5 Å². The van der Waals surface area contributed by atoms with Gasteiger partial charge >= 0.3 is 5.97 Å². The van der Waals surface area contributed by atoms with E-state index in [1.807, 2.05) is 30.6 Å². The van der Waals surface area contributed by atoms with Crippen LogP contribution in [-0.4, -0.2) is 84.1 Å². The van der Waals surface area contributed by atoms with Crippen LogP contribution < -0.4 is 0 Å². The van der Waals surface area contributed by atoms with Crippen LogP contribution in [0.5, 0.6) is 0 Å². The van der Waals surface area contributed by atoms with Crippen molar-refractivity contribution in [1.29, 1.82) is 0 Å². The molecule has 0 unspecified atom stereocenters. The lowest BCUT2D eigenvalue weighted by molar-refractivity contribution is -0.136. The summed E-state index contributed by atoms with van der Waals surface area (Å²) in [5.74, 6) is 1.15. The molecule has 2 aliphatic rings. The highest BCUT2D eigenvalue weighted by atomic mass is 16.4. The minimum atomic E-state index is -0.812. The van der Waals surface area contributed by atoms with Crippen LogP contribution in [-0.2, 0) is 37.4 Å². The number of imidazole rings is 2. The van der Waals surface area contributed by atoms with Crippen molar-refractivity contribution in [3.05, 3.63) is 71.8 Å². The fourth-order valence-corrected chi connectivity index (χ4v) is 7.19. The largest absolute Gasteiger partial charge is 0.481 e. The van der Waals surface area contributed by atoms with E-state index in [9.17, 15) is 9.90 Å². The summed E-state index contributed by atoms with van der Waals surface area (Å²) in [6.45, 7) is 13.9. The van der Waals surface area contributed by atoms with E-state index in [1.54, 1.807) is 6.20 Å². The Morgan fingerprint density at radius 1 is 1.02 bits per heavy atom. The number of carboxylic acids is 1. The molecule has 9 heteroatoms. The summed E-state index contributed by atoms with van der Waals surface area (Å²) in [5.41, 5.74) is 2.45. The predicted octanol–water partition coefficient (Wildman–Crippen LogP) is 4.80. The summed E-state index contributed by atoms with van der Waals surface area (Å²) in [6, 6.07) is 8.64. The summed E-state index contributed by atoms with van der Waals surface area (Å²) in [6.07, 6.45) is 15.4. The third-order valence-electron chi connectivity index (χ3n) is 9.56. The van der Waals surface area contributed by atoms with E-state index in [0.717, 1.165) is 48.3 Å². The molecule has 1 aromatic carbocycles. The minimum Gasteiger partial charge on any atom is -0.481 e. The second kappa shape index (κ2) is 14.4. The monoisotopic (exact) mass is 575 g/mol. The predicted molar refractivity (Wildman–Crippen MR) is 165 cm³/mol. The molecule has 0 aliphatic carbocycles. The van der Waals surface area contributed by atoms with E-state index < -0.39 is 5.97 Å². The van der Waals surface area contributed by atoms with Crippen molar-refractivity contribution in [2.75, 3.05) is 32.7 Å². The first-order valence-corrected chi connectivity index (χ1v) is 15.9. The Hall–Kier alpha value is -3.01. The quantitative estimate of drug-likeness (QED) is 0.269. The average Bonchev–Trinajstić information content (AvgIpc) is 3.73. The smallest absolute Gasteiger partial charge is 0.307 e. The van der Waals surface area contributed by atoms with Crippen LogP contribution in [0, 0.1) is 5.41 Å². The van der Waals surface area contributed by atoms with E-state index in [4.69, 9.17) is 4.98 Å². The number of aromatic nitrogens is 4. The second-order valence-corrected chi connectivity index (χ2v) is 12.5. The van der Waals surface area contributed by atoms with Crippen molar-refractivity contribution in [2.45, 2.75) is 91.0 Å². The maximum atomic E-state index is 11.2. The first kappa shape index (κ1) is 30.4. The fourth-order valence-electron chi connectivity index (χ4n) is 7.19. The molecule has 42 heavy (non-hydrogen) atoms. The SMILES string of the molecule is CCC(CC)N1CCC2(CCN(CCCn3ccnc3CN(Cc3cccc(CC(=O)O)c3)Cc3ncc[nH]3)C2)CC1. The average molecular weight is 576 g/mol. The number of H-pyrrole nitrogens is 1. The number of hydrogen-bond acceptors (Lipinski definition) is 6. The topological polar surface area (TPSA) is 93.5 Å². The molecule has 2 aromatic heterocycles. The number of nitrogens with zero attached hydrogens (tertiary/aromatic N) is 6. The van der Waals surface area contributed by atoms with E-state index in [1.165, 1.54) is 58.3 Å². The molecule has 1 spiro atoms. The maximum Gasteiger partial charge on any atom is 0.307 e. The lowest BCUT2D eigenvalue weighted by Crippen LogP contribution is -2.45. The molecule has 2 aliphatic heterocycles. The van der Waals surface area contributed by atoms with Gasteiger partial charge in [0.2, 0.25) is 0 Å². The molecule has 2 N–H and O–H groups in total. The van der Waals surface area contributed by atoms with Crippen molar-refractivity contribution >= 4 is 5.97 Å². The van der Waals surface area contributed by atoms with Crippen LogP contribution in [0.2, 0.25) is 0 Å². The molecule has 0 atom stereocenters. The van der Waals surface area contributed by atoms with E-state index >= 15 is 0 Å². The number of carbonyl (C=O) groups is 1. The van der Waals surface area contributed by atoms with Crippen LogP contribution in [0.4, 0.5) is 0 Å². The summed E-state index contributed by atoms with van der Waals surface area (Å²) in [4.78, 5) is 31.4. The number of rotatable bonds is 15. The maximum absolute atomic E-state index is 11.2. The second-order valence-electron chi connectivity index (χ2n) is 12.5. The Morgan fingerprint density at radius 2 is 1.81 bits per heavy atom. The Kier molecular flexibility index (Phi) is 10.5. The standard InChI is InChI=1S/C33H49N7O2/c1-3-29(4-2)39-18-10-33(11-19-39)9-17-37(26-33)15-6-16-40-20-14-36-31(40)25-38(24-30-34-12-13-35-30)23-28-8-5-7-27(21-28)22-32(41)42/h5,7-8,12-14,20-21,29H,3-4,6,9-11,15-19,22-26H2,1-2H3,(H,34,35)(H,41,42). The Morgan fingerprint density at radius 3 is 2.55 bits per heavy atom. The molecule has 0 radical (unpaired) electrons. The highest BCUT2D eigenvalue weighted by molar-refractivity contribution is 5.70. The molecule has 0 saturated carbocycles. The van der Waals surface area contributed by atoms with Gasteiger partial charge < -0.3 is 24.5 Å². The van der Waals surface area contributed by atoms with E-state index in [2.05, 4.69) is 55.3 Å². The number of aryl methyl sites for hydroxylation is 1. The lowest BCUT2D eigenvalue weighted by Gasteiger charge is -2.42. The van der Waals surface area contributed by atoms with Gasteiger partial charge in [0.15, 0.2) is 0 Å². The van der Waals surface area contributed by atoms with Gasteiger partial charge in [0.05, 0.1) is 19.5 Å². The van der Waals surface area contributed by atoms with Gasteiger partial charge in [-0.3, -0.25) is 9.69 Å². The number of aromatic amines is 1. The number of nitrogens with one attached hydrogen (secondary N) is 1. The lowest BCUT2D eigenvalue weighted by atomic mass is 9.77. The third-order valence-corrected chi connectivity index (χ3v) is 9.56. The molecule has 5 rings (SSSR count). The number of likely N-dealkylation sites (tertiary alicyclic amines) is 2. The van der Waals surface area contributed by atoms with Crippen LogP contribution in [0.15, 0.2) is 49.1 Å². The number of aliphatic carboxylic acids is 1. The van der Waals surface area contributed by atoms with Crippen LogP contribution in [0.3, 0.4) is 0 Å². The Labute approximate surface area is 251 Å². The van der Waals surface area contributed by atoms with Crippen molar-refractivity contribution in [3.8, 4) is 0 Å². The van der Waals surface area contributed by atoms with Gasteiger partial charge in [-0.25, -0.2) is 9.97 Å². The summed E-state index contributed by atoms with van der Waals surface area (Å²) in [7, 11) is 0. The third kappa shape index (κ3) is 8.08. The Balaban J connectivity index is 1.14. The van der Waals surface area contributed by atoms with Gasteiger partial charge in [-0.15, -0.1) is 0 Å². The number of carboxylic acid groups (broad SMARTS) is 1. The van der Waals surface area contributed by atoms with Crippen LogP contribution in [0.25, 0.3) is 0 Å². The molecule has 4 heterocycles. The highest BCUT2D eigenvalue weighted by Gasteiger charge is 2.40. The molecule has 0 bridgehead atoms. The molecular formula is C33H49N7O2. The van der Waals surface area contributed by atoms with E-state index in [0.29, 0.717) is 25.0 Å². The van der Waals surface area contributed by atoms with Gasteiger partial charge in [-0.2, -0.15) is 0 Å². The van der Waals surface area contributed by atoms with E-state index in [-0.39, 0.29) is 6.42 Å². The molecule has 9 nitrogen and oxygen atoms in total. The first-order valence-electron chi connectivity index (χ1n) is 15.9.